The quantitative estimate of drug-likeness (QED) is 0.713. The highest BCUT2D eigenvalue weighted by atomic mass is 16.4. The molecule has 0 aromatic rings. The van der Waals surface area contributed by atoms with Crippen LogP contribution in [0, 0.1) is 11.8 Å². The molecule has 0 heterocycles. The van der Waals surface area contributed by atoms with Crippen LogP contribution >= 0.6 is 0 Å². The summed E-state index contributed by atoms with van der Waals surface area (Å²) in [6.07, 6.45) is 6.41. The van der Waals surface area contributed by atoms with Crippen molar-refractivity contribution >= 4 is 17.8 Å². The van der Waals surface area contributed by atoms with Gasteiger partial charge in [0.2, 0.25) is 11.8 Å². The van der Waals surface area contributed by atoms with E-state index in [9.17, 15) is 14.4 Å². The predicted molar refractivity (Wildman–Crippen MR) is 71.8 cm³/mol. The summed E-state index contributed by atoms with van der Waals surface area (Å²) in [5.41, 5.74) is 0. The Kier molecular flexibility index (Phi) is 4.42. The van der Waals surface area contributed by atoms with Crippen LogP contribution in [-0.2, 0) is 14.4 Å². The summed E-state index contributed by atoms with van der Waals surface area (Å²) in [7, 11) is 1.55. The smallest absolute Gasteiger partial charge is 0.307 e. The van der Waals surface area contributed by atoms with Crippen molar-refractivity contribution in [1.29, 1.82) is 0 Å². The minimum atomic E-state index is -0.955. The number of rotatable bonds is 5. The van der Waals surface area contributed by atoms with Gasteiger partial charge in [0.05, 0.1) is 18.4 Å². The van der Waals surface area contributed by atoms with Gasteiger partial charge in [-0.25, -0.2) is 0 Å². The van der Waals surface area contributed by atoms with Crippen molar-refractivity contribution in [2.24, 2.45) is 11.8 Å². The molecule has 2 aliphatic carbocycles. The number of carboxylic acid groups (broad SMARTS) is 1. The molecule has 110 valence electrons. The van der Waals surface area contributed by atoms with Crippen LogP contribution in [0.3, 0.4) is 0 Å². The third kappa shape index (κ3) is 3.59. The van der Waals surface area contributed by atoms with E-state index in [0.717, 1.165) is 12.8 Å². The Hall–Kier alpha value is -1.85. The van der Waals surface area contributed by atoms with Crippen LogP contribution < -0.4 is 5.32 Å². The standard InChI is InChI=1S/C14H20N2O4/c1-16(8-12(17)15-9-6-7-9)13(18)10-4-2-3-5-11(10)14(19)20/h2-3,9-11H,4-8H2,1H3,(H,15,17)(H,19,20)/t10-,11+/m1/s1. The van der Waals surface area contributed by atoms with Gasteiger partial charge in [0.15, 0.2) is 0 Å². The summed E-state index contributed by atoms with van der Waals surface area (Å²) in [6.45, 7) is -0.0120. The maximum absolute atomic E-state index is 12.3. The monoisotopic (exact) mass is 280 g/mol. The van der Waals surface area contributed by atoms with E-state index < -0.39 is 17.8 Å². The molecule has 2 amide bonds. The largest absolute Gasteiger partial charge is 0.481 e. The van der Waals surface area contributed by atoms with E-state index in [-0.39, 0.29) is 24.4 Å². The number of carboxylic acids is 1. The molecule has 6 heteroatoms. The number of allylic oxidation sites excluding steroid dienone is 2. The Morgan fingerprint density at radius 2 is 1.80 bits per heavy atom. The fraction of sp³-hybridized carbons (Fsp3) is 0.643. The van der Waals surface area contributed by atoms with Gasteiger partial charge < -0.3 is 15.3 Å². The van der Waals surface area contributed by atoms with Gasteiger partial charge in [-0.05, 0) is 25.7 Å². The summed E-state index contributed by atoms with van der Waals surface area (Å²) in [5.74, 6) is -2.67. The van der Waals surface area contributed by atoms with Crippen LogP contribution in [0.25, 0.3) is 0 Å². The van der Waals surface area contributed by atoms with Gasteiger partial charge in [-0.2, -0.15) is 0 Å². The van der Waals surface area contributed by atoms with E-state index in [1.165, 1.54) is 4.90 Å². The first kappa shape index (κ1) is 14.6. The highest BCUT2D eigenvalue weighted by molar-refractivity contribution is 5.89. The van der Waals surface area contributed by atoms with Crippen molar-refractivity contribution in [3.8, 4) is 0 Å². The fourth-order valence-corrected chi connectivity index (χ4v) is 2.44. The molecule has 0 radical (unpaired) electrons. The Bertz CT molecular complexity index is 442. The second-order valence-corrected chi connectivity index (χ2v) is 5.53. The topological polar surface area (TPSA) is 86.7 Å². The molecule has 2 atom stereocenters. The molecule has 1 saturated carbocycles. The molecule has 0 unspecified atom stereocenters. The van der Waals surface area contributed by atoms with Gasteiger partial charge in [-0.15, -0.1) is 0 Å². The first-order valence-electron chi connectivity index (χ1n) is 6.91. The number of likely N-dealkylation sites (N-methyl/N-ethyl adjacent to an activating group) is 1. The van der Waals surface area contributed by atoms with Gasteiger partial charge in [-0.1, -0.05) is 12.2 Å². The highest BCUT2D eigenvalue weighted by Gasteiger charge is 2.36. The predicted octanol–water partition coefficient (Wildman–Crippen LogP) is 0.390. The van der Waals surface area contributed by atoms with Crippen molar-refractivity contribution in [2.45, 2.75) is 31.7 Å². The van der Waals surface area contributed by atoms with Crippen LogP contribution in [0.5, 0.6) is 0 Å². The molecule has 0 aromatic heterocycles. The number of carbonyl (C=O) groups excluding carboxylic acids is 2. The number of amides is 2. The second kappa shape index (κ2) is 6.07. The maximum Gasteiger partial charge on any atom is 0.307 e. The van der Waals surface area contributed by atoms with Crippen molar-refractivity contribution in [3.05, 3.63) is 12.2 Å². The summed E-state index contributed by atoms with van der Waals surface area (Å²) in [4.78, 5) is 36.5. The molecule has 0 bridgehead atoms. The van der Waals surface area contributed by atoms with Gasteiger partial charge in [-0.3, -0.25) is 14.4 Å². The van der Waals surface area contributed by atoms with Crippen LogP contribution in [-0.4, -0.2) is 47.4 Å². The fourth-order valence-electron chi connectivity index (χ4n) is 2.44. The zero-order valence-electron chi connectivity index (χ0n) is 11.5. The Morgan fingerprint density at radius 3 is 2.35 bits per heavy atom. The molecular weight excluding hydrogens is 260 g/mol. The minimum Gasteiger partial charge on any atom is -0.481 e. The van der Waals surface area contributed by atoms with Crippen LogP contribution in [0.1, 0.15) is 25.7 Å². The average Bonchev–Trinajstić information content (AvgIpc) is 3.21. The first-order valence-corrected chi connectivity index (χ1v) is 6.91. The summed E-state index contributed by atoms with van der Waals surface area (Å²) >= 11 is 0. The van der Waals surface area contributed by atoms with Gasteiger partial charge in [0.25, 0.3) is 0 Å². The molecule has 2 aliphatic rings. The molecule has 0 saturated heterocycles. The van der Waals surface area contributed by atoms with Crippen molar-refractivity contribution in [3.63, 3.8) is 0 Å². The lowest BCUT2D eigenvalue weighted by atomic mass is 9.82. The molecule has 2 rings (SSSR count). The lowest BCUT2D eigenvalue weighted by Crippen LogP contribution is -2.44. The molecule has 0 spiro atoms. The molecule has 1 fully saturated rings. The van der Waals surface area contributed by atoms with E-state index in [1.54, 1.807) is 13.1 Å². The normalized spacial score (nSPS) is 25.1. The van der Waals surface area contributed by atoms with Gasteiger partial charge in [0.1, 0.15) is 0 Å². The van der Waals surface area contributed by atoms with Gasteiger partial charge >= 0.3 is 5.97 Å². The van der Waals surface area contributed by atoms with E-state index >= 15 is 0 Å². The SMILES string of the molecule is CN(CC(=O)NC1CC1)C(=O)[C@@H]1CC=CC[C@@H]1C(=O)O. The molecule has 6 nitrogen and oxygen atoms in total. The molecule has 0 aliphatic heterocycles. The Morgan fingerprint density at radius 1 is 1.20 bits per heavy atom. The third-order valence-corrected chi connectivity index (χ3v) is 3.77. The number of hydrogen-bond acceptors (Lipinski definition) is 3. The third-order valence-electron chi connectivity index (χ3n) is 3.77. The zero-order chi connectivity index (χ0) is 14.7. The second-order valence-electron chi connectivity index (χ2n) is 5.53. The summed E-state index contributed by atoms with van der Waals surface area (Å²) in [5, 5.41) is 12.0. The highest BCUT2D eigenvalue weighted by Crippen LogP contribution is 2.27. The molecule has 0 aromatic carbocycles. The van der Waals surface area contributed by atoms with E-state index in [1.807, 2.05) is 6.08 Å². The van der Waals surface area contributed by atoms with Crippen LogP contribution in [0.15, 0.2) is 12.2 Å². The molecular formula is C14H20N2O4. The molecule has 2 N–H and O–H groups in total. The van der Waals surface area contributed by atoms with Gasteiger partial charge in [0, 0.05) is 13.1 Å². The van der Waals surface area contributed by atoms with Crippen molar-refractivity contribution in [1.82, 2.24) is 10.2 Å². The van der Waals surface area contributed by atoms with Crippen LogP contribution in [0.4, 0.5) is 0 Å². The van der Waals surface area contributed by atoms with Crippen LogP contribution in [0.2, 0.25) is 0 Å². The number of aliphatic carboxylic acids is 1. The summed E-state index contributed by atoms with van der Waals surface area (Å²) in [6, 6.07) is 0.260. The maximum atomic E-state index is 12.3. The Labute approximate surface area is 117 Å². The first-order chi connectivity index (χ1) is 9.49. The Balaban J connectivity index is 1.92. The van der Waals surface area contributed by atoms with E-state index in [4.69, 9.17) is 5.11 Å². The lowest BCUT2D eigenvalue weighted by Gasteiger charge is -2.28. The number of hydrogen-bond donors (Lipinski definition) is 2. The average molecular weight is 280 g/mol. The van der Waals surface area contributed by atoms with E-state index in [2.05, 4.69) is 5.32 Å². The lowest BCUT2D eigenvalue weighted by molar-refractivity contribution is -0.150. The molecule has 20 heavy (non-hydrogen) atoms. The van der Waals surface area contributed by atoms with Crippen molar-refractivity contribution in [2.75, 3.05) is 13.6 Å². The zero-order valence-corrected chi connectivity index (χ0v) is 11.5. The number of carbonyl (C=O) groups is 3. The number of nitrogens with zero attached hydrogens (tertiary/aromatic N) is 1. The number of nitrogens with one attached hydrogen (secondary N) is 1. The van der Waals surface area contributed by atoms with E-state index in [0.29, 0.717) is 12.8 Å². The minimum absolute atomic E-state index is 0.0120. The van der Waals surface area contributed by atoms with Crippen molar-refractivity contribution < 1.29 is 19.5 Å². The summed E-state index contributed by atoms with van der Waals surface area (Å²) < 4.78 is 0.